The zero-order valence-electron chi connectivity index (χ0n) is 16.6. The van der Waals surface area contributed by atoms with Gasteiger partial charge in [0.1, 0.15) is 0 Å². The van der Waals surface area contributed by atoms with Gasteiger partial charge in [-0.3, -0.25) is 9.59 Å². The maximum absolute atomic E-state index is 10.3. The van der Waals surface area contributed by atoms with Gasteiger partial charge in [-0.1, -0.05) is 64.2 Å². The van der Waals surface area contributed by atoms with Crippen LogP contribution in [0.3, 0.4) is 0 Å². The van der Waals surface area contributed by atoms with E-state index >= 15 is 0 Å². The molecule has 22 heavy (non-hydrogen) atoms. The summed E-state index contributed by atoms with van der Waals surface area (Å²) < 4.78 is 0. The molecule has 0 saturated heterocycles. The van der Waals surface area contributed by atoms with Gasteiger partial charge in [-0.2, -0.15) is 0 Å². The van der Waals surface area contributed by atoms with E-state index in [1.165, 1.54) is 38.5 Å². The average molecular weight is 334 g/mol. The van der Waals surface area contributed by atoms with Crippen molar-refractivity contribution < 1.29 is 81.8 Å². The average Bonchev–Trinajstić information content (AvgIpc) is 2.38. The fraction of sp³-hybridized carbons (Fsp3) is 0.875. The molecule has 0 heterocycles. The third-order valence-corrected chi connectivity index (χ3v) is 3.53. The molecule has 0 bridgehead atoms. The van der Waals surface area contributed by atoms with Gasteiger partial charge in [-0.05, 0) is 12.8 Å². The van der Waals surface area contributed by atoms with Crippen molar-refractivity contribution in [3.05, 3.63) is 0 Å². The smallest absolute Gasteiger partial charge is 1.00 e. The Balaban J connectivity index is -0.000000301. The van der Waals surface area contributed by atoms with Gasteiger partial charge >= 0.3 is 71.1 Å². The topological polar surface area (TPSA) is 74.6 Å². The fourth-order valence-electron chi connectivity index (χ4n) is 2.32. The third-order valence-electron chi connectivity index (χ3n) is 3.53. The van der Waals surface area contributed by atoms with Crippen molar-refractivity contribution in [2.24, 2.45) is 0 Å². The molecule has 0 aliphatic rings. The van der Waals surface area contributed by atoms with Crippen molar-refractivity contribution in [3.63, 3.8) is 0 Å². The van der Waals surface area contributed by atoms with Crippen molar-refractivity contribution in [3.8, 4) is 0 Å². The maximum Gasteiger partial charge on any atom is 1.00 e. The predicted molar refractivity (Wildman–Crippen MR) is 82.1 cm³/mol. The van der Waals surface area contributed by atoms with Crippen LogP contribution >= 0.6 is 0 Å². The van der Waals surface area contributed by atoms with Crippen LogP contribution in [-0.2, 0) is 9.59 Å². The number of carboxylic acids is 2. The maximum atomic E-state index is 10.3. The minimum atomic E-state index is -0.687. The summed E-state index contributed by atoms with van der Waals surface area (Å²) in [6.45, 7) is 0. The van der Waals surface area contributed by atoms with Gasteiger partial charge < -0.3 is 13.1 Å². The summed E-state index contributed by atoms with van der Waals surface area (Å²) in [5, 5.41) is 17.0. The van der Waals surface area contributed by atoms with Crippen LogP contribution < -0.4 is 59.1 Å². The van der Waals surface area contributed by atoms with Gasteiger partial charge in [0.05, 0.1) is 0 Å². The Morgan fingerprint density at radius 1 is 0.500 bits per heavy atom. The third kappa shape index (κ3) is 25.9. The summed E-state index contributed by atoms with van der Waals surface area (Å²) in [5.74, 6) is -1.37. The van der Waals surface area contributed by atoms with E-state index in [2.05, 4.69) is 0 Å². The van der Waals surface area contributed by atoms with E-state index in [-0.39, 0.29) is 62.0 Å². The molecule has 0 aromatic carbocycles. The molecular formula is C16H32Na2O4. The van der Waals surface area contributed by atoms with Crippen molar-refractivity contribution in [1.29, 1.82) is 0 Å². The summed E-state index contributed by atoms with van der Waals surface area (Å²) >= 11 is 0. The van der Waals surface area contributed by atoms with Gasteiger partial charge in [-0.15, -0.1) is 0 Å². The summed E-state index contributed by atoms with van der Waals surface area (Å²) in [6, 6.07) is 0. The number of aliphatic carboxylic acids is 2. The van der Waals surface area contributed by atoms with E-state index < -0.39 is 11.9 Å². The summed E-state index contributed by atoms with van der Waals surface area (Å²) in [4.78, 5) is 20.6. The van der Waals surface area contributed by atoms with Gasteiger partial charge in [0.25, 0.3) is 0 Å². The van der Waals surface area contributed by atoms with Crippen LogP contribution in [-0.4, -0.2) is 22.2 Å². The zero-order chi connectivity index (χ0) is 15.1. The number of hydrogen-bond donors (Lipinski definition) is 2. The Bertz CT molecular complexity index is 244. The second-order valence-electron chi connectivity index (χ2n) is 5.53. The number of hydrogen-bond acceptors (Lipinski definition) is 2. The molecule has 0 spiro atoms. The molecule has 0 aromatic heterocycles. The molecule has 122 valence electrons. The van der Waals surface area contributed by atoms with Crippen molar-refractivity contribution in [2.75, 3.05) is 0 Å². The van der Waals surface area contributed by atoms with Gasteiger partial charge in [0.2, 0.25) is 0 Å². The van der Waals surface area contributed by atoms with Crippen LogP contribution in [0.5, 0.6) is 0 Å². The van der Waals surface area contributed by atoms with E-state index in [9.17, 15) is 9.59 Å². The summed E-state index contributed by atoms with van der Waals surface area (Å²) in [7, 11) is 0. The molecule has 0 radical (unpaired) electrons. The van der Waals surface area contributed by atoms with Crippen molar-refractivity contribution >= 4 is 11.9 Å². The number of carboxylic acid groups (broad SMARTS) is 2. The van der Waals surface area contributed by atoms with Crippen LogP contribution in [0.4, 0.5) is 0 Å². The van der Waals surface area contributed by atoms with Crippen molar-refractivity contribution in [2.45, 2.75) is 89.9 Å². The molecule has 4 nitrogen and oxygen atoms in total. The van der Waals surface area contributed by atoms with E-state index in [0.717, 1.165) is 38.5 Å². The normalized spacial score (nSPS) is 9.64. The van der Waals surface area contributed by atoms with E-state index in [0.29, 0.717) is 12.8 Å². The summed E-state index contributed by atoms with van der Waals surface area (Å²) in [6.07, 6.45) is 14.1. The second-order valence-corrected chi connectivity index (χ2v) is 5.53. The number of rotatable bonds is 15. The molecule has 0 unspecified atom stereocenters. The Kier molecular flexibility index (Phi) is 27.7. The van der Waals surface area contributed by atoms with Crippen LogP contribution in [0.25, 0.3) is 0 Å². The molecule has 0 saturated carbocycles. The largest absolute Gasteiger partial charge is 1.00 e. The Morgan fingerprint density at radius 3 is 0.864 bits per heavy atom. The number of unbranched alkanes of at least 4 members (excludes halogenated alkanes) is 11. The first-order valence-corrected chi connectivity index (χ1v) is 8.06. The minimum absolute atomic E-state index is 0. The van der Waals surface area contributed by atoms with Crippen LogP contribution in [0, 0.1) is 0 Å². The molecular weight excluding hydrogens is 302 g/mol. The number of carbonyl (C=O) groups is 2. The monoisotopic (exact) mass is 334 g/mol. The van der Waals surface area contributed by atoms with Crippen LogP contribution in [0.1, 0.15) is 92.7 Å². The SMILES string of the molecule is O=C(O)CCCCCCCCCCCCCCC(=O)O.[H-].[H-].[Na+].[Na+]. The van der Waals surface area contributed by atoms with Gasteiger partial charge in [0.15, 0.2) is 0 Å². The molecule has 0 fully saturated rings. The first-order chi connectivity index (χ1) is 9.63. The van der Waals surface area contributed by atoms with Crippen LogP contribution in [0.15, 0.2) is 0 Å². The zero-order valence-corrected chi connectivity index (χ0v) is 18.6. The van der Waals surface area contributed by atoms with E-state index in [1.54, 1.807) is 0 Å². The fourth-order valence-corrected chi connectivity index (χ4v) is 2.32. The molecule has 0 aliphatic carbocycles. The van der Waals surface area contributed by atoms with Gasteiger partial charge in [0, 0.05) is 12.8 Å². The molecule has 0 rings (SSSR count). The second kappa shape index (κ2) is 21.9. The summed E-state index contributed by atoms with van der Waals surface area (Å²) in [5.41, 5.74) is 0. The molecule has 6 heteroatoms. The Labute approximate surface area is 182 Å². The first kappa shape index (κ1) is 27.8. The van der Waals surface area contributed by atoms with Crippen LogP contribution in [0.2, 0.25) is 0 Å². The molecule has 0 amide bonds. The van der Waals surface area contributed by atoms with Gasteiger partial charge in [-0.25, -0.2) is 0 Å². The Morgan fingerprint density at radius 2 is 0.682 bits per heavy atom. The minimum Gasteiger partial charge on any atom is -1.00 e. The molecule has 0 aromatic rings. The first-order valence-electron chi connectivity index (χ1n) is 8.06. The predicted octanol–water partition coefficient (Wildman–Crippen LogP) is -1.15. The quantitative estimate of drug-likeness (QED) is 0.293. The molecule has 0 atom stereocenters. The molecule has 2 N–H and O–H groups in total. The molecule has 0 aliphatic heterocycles. The Hall–Kier alpha value is 0.940. The standard InChI is InChI=1S/C16H30O4.2Na.2H/c17-15(18)13-11-9-7-5-3-1-2-4-6-8-10-12-14-16(19)20;;;;/h1-14H2,(H,17,18)(H,19,20);;;;/q;2*+1;2*-1. The van der Waals surface area contributed by atoms with E-state index in [4.69, 9.17) is 10.2 Å². The van der Waals surface area contributed by atoms with E-state index in [1.807, 2.05) is 0 Å². The van der Waals surface area contributed by atoms with Crippen molar-refractivity contribution in [1.82, 2.24) is 0 Å².